The highest BCUT2D eigenvalue weighted by atomic mass is 16.5. The van der Waals surface area contributed by atoms with Crippen molar-refractivity contribution in [1.29, 1.82) is 0 Å². The topological polar surface area (TPSA) is 102 Å². The SMILES string of the molecule is COC(=O)Cc1cccc(CC(NC(=O)OCC2c3ccccc3-c3ccccc32)C(=O)O)c1. The molecule has 7 heteroatoms. The van der Waals surface area contributed by atoms with Gasteiger partial charge in [-0.25, -0.2) is 9.59 Å². The number of alkyl carbamates (subject to hydrolysis) is 1. The smallest absolute Gasteiger partial charge is 0.407 e. The molecule has 1 amide bonds. The first kappa shape index (κ1) is 23.0. The lowest BCUT2D eigenvalue weighted by molar-refractivity contribution is -0.140. The lowest BCUT2D eigenvalue weighted by Crippen LogP contribution is -2.42. The molecular weight excluding hydrogens is 434 g/mol. The lowest BCUT2D eigenvalue weighted by atomic mass is 9.98. The average molecular weight is 459 g/mol. The van der Waals surface area contributed by atoms with Crippen molar-refractivity contribution in [1.82, 2.24) is 5.32 Å². The second-order valence-electron chi connectivity index (χ2n) is 8.14. The number of benzene rings is 3. The minimum atomic E-state index is -1.18. The Morgan fingerprint density at radius 2 is 1.53 bits per heavy atom. The van der Waals surface area contributed by atoms with Crippen molar-refractivity contribution in [3.63, 3.8) is 0 Å². The molecule has 3 aromatic carbocycles. The molecule has 0 fully saturated rings. The number of amides is 1. The Hall–Kier alpha value is -4.13. The van der Waals surface area contributed by atoms with Crippen LogP contribution in [-0.4, -0.2) is 42.9 Å². The van der Waals surface area contributed by atoms with Crippen molar-refractivity contribution < 1.29 is 29.0 Å². The molecule has 0 saturated carbocycles. The van der Waals surface area contributed by atoms with E-state index in [0.717, 1.165) is 22.3 Å². The molecule has 0 aliphatic heterocycles. The summed E-state index contributed by atoms with van der Waals surface area (Å²) in [5.74, 6) is -1.67. The summed E-state index contributed by atoms with van der Waals surface area (Å²) < 4.78 is 10.1. The molecule has 1 atom stereocenters. The summed E-state index contributed by atoms with van der Waals surface area (Å²) in [6.45, 7) is 0.0980. The summed E-state index contributed by atoms with van der Waals surface area (Å²) in [7, 11) is 1.31. The second kappa shape index (κ2) is 10.2. The van der Waals surface area contributed by atoms with Gasteiger partial charge in [0.1, 0.15) is 12.6 Å². The number of carbonyl (C=O) groups excluding carboxylic acids is 2. The van der Waals surface area contributed by atoms with Crippen molar-refractivity contribution >= 4 is 18.0 Å². The fourth-order valence-corrected chi connectivity index (χ4v) is 4.32. The number of fused-ring (bicyclic) bond motifs is 3. The Kier molecular flexibility index (Phi) is 6.92. The number of aliphatic carboxylic acids is 1. The number of hydrogen-bond donors (Lipinski definition) is 2. The number of methoxy groups -OCH3 is 1. The van der Waals surface area contributed by atoms with E-state index in [1.807, 2.05) is 48.5 Å². The van der Waals surface area contributed by atoms with Crippen LogP contribution in [0.5, 0.6) is 0 Å². The number of esters is 1. The van der Waals surface area contributed by atoms with Crippen molar-refractivity contribution in [3.05, 3.63) is 95.1 Å². The summed E-state index contributed by atoms with van der Waals surface area (Å²) in [5.41, 5.74) is 5.76. The zero-order valence-electron chi connectivity index (χ0n) is 18.7. The van der Waals surface area contributed by atoms with Crippen LogP contribution in [0, 0.1) is 0 Å². The van der Waals surface area contributed by atoms with Gasteiger partial charge in [-0.2, -0.15) is 0 Å². The number of rotatable bonds is 8. The second-order valence-corrected chi connectivity index (χ2v) is 8.14. The summed E-state index contributed by atoms with van der Waals surface area (Å²) in [5, 5.41) is 12.1. The van der Waals surface area contributed by atoms with E-state index in [9.17, 15) is 19.5 Å². The van der Waals surface area contributed by atoms with Crippen LogP contribution in [-0.2, 0) is 31.9 Å². The number of hydrogen-bond acceptors (Lipinski definition) is 5. The Balaban J connectivity index is 1.40. The molecule has 34 heavy (non-hydrogen) atoms. The maximum atomic E-state index is 12.5. The lowest BCUT2D eigenvalue weighted by Gasteiger charge is -2.18. The van der Waals surface area contributed by atoms with E-state index in [0.29, 0.717) is 11.1 Å². The third-order valence-electron chi connectivity index (χ3n) is 5.94. The van der Waals surface area contributed by atoms with E-state index in [1.54, 1.807) is 24.3 Å². The first-order valence-electron chi connectivity index (χ1n) is 10.9. The summed E-state index contributed by atoms with van der Waals surface area (Å²) >= 11 is 0. The third-order valence-corrected chi connectivity index (χ3v) is 5.94. The summed E-state index contributed by atoms with van der Waals surface area (Å²) in [6.07, 6.45) is -0.656. The van der Waals surface area contributed by atoms with E-state index in [-0.39, 0.29) is 31.3 Å². The zero-order valence-corrected chi connectivity index (χ0v) is 18.7. The summed E-state index contributed by atoms with van der Waals surface area (Å²) in [6, 6.07) is 21.8. The van der Waals surface area contributed by atoms with Crippen LogP contribution in [0.25, 0.3) is 11.1 Å². The Bertz CT molecular complexity index is 1180. The van der Waals surface area contributed by atoms with Gasteiger partial charge in [0.15, 0.2) is 0 Å². The van der Waals surface area contributed by atoms with Crippen LogP contribution in [0.2, 0.25) is 0 Å². The van der Waals surface area contributed by atoms with Gasteiger partial charge in [-0.15, -0.1) is 0 Å². The Labute approximate surface area is 197 Å². The van der Waals surface area contributed by atoms with Gasteiger partial charge in [0.2, 0.25) is 0 Å². The standard InChI is InChI=1S/C27H25NO6/c1-33-25(29)15-18-8-6-7-17(13-18)14-24(26(30)31)28-27(32)34-16-23-21-11-4-2-9-19(21)20-10-3-5-12-22(20)23/h2-13,23-24H,14-16H2,1H3,(H,28,32)(H,30,31). The highest BCUT2D eigenvalue weighted by Crippen LogP contribution is 2.44. The minimum absolute atomic E-state index is 0.0501. The van der Waals surface area contributed by atoms with E-state index < -0.39 is 18.1 Å². The van der Waals surface area contributed by atoms with Crippen LogP contribution in [0.3, 0.4) is 0 Å². The van der Waals surface area contributed by atoms with Crippen LogP contribution >= 0.6 is 0 Å². The minimum Gasteiger partial charge on any atom is -0.480 e. The van der Waals surface area contributed by atoms with Gasteiger partial charge in [-0.05, 0) is 33.4 Å². The van der Waals surface area contributed by atoms with Crippen LogP contribution < -0.4 is 5.32 Å². The monoisotopic (exact) mass is 459 g/mol. The third kappa shape index (κ3) is 5.09. The molecule has 174 valence electrons. The Morgan fingerprint density at radius 3 is 2.15 bits per heavy atom. The fraction of sp³-hybridized carbons (Fsp3) is 0.222. The molecule has 1 aliphatic rings. The first-order chi connectivity index (χ1) is 16.5. The van der Waals surface area contributed by atoms with Crippen molar-refractivity contribution in [2.24, 2.45) is 0 Å². The van der Waals surface area contributed by atoms with E-state index in [1.165, 1.54) is 7.11 Å². The molecule has 0 saturated heterocycles. The molecule has 0 radical (unpaired) electrons. The maximum Gasteiger partial charge on any atom is 0.407 e. The molecule has 4 rings (SSSR count). The Morgan fingerprint density at radius 1 is 0.912 bits per heavy atom. The van der Waals surface area contributed by atoms with Crippen molar-refractivity contribution in [2.75, 3.05) is 13.7 Å². The zero-order chi connectivity index (χ0) is 24.1. The molecule has 0 aromatic heterocycles. The van der Waals surface area contributed by atoms with Crippen molar-refractivity contribution in [2.45, 2.75) is 24.8 Å². The van der Waals surface area contributed by atoms with Gasteiger partial charge in [-0.1, -0.05) is 72.8 Å². The molecule has 1 unspecified atom stereocenters. The van der Waals surface area contributed by atoms with Crippen LogP contribution in [0.1, 0.15) is 28.2 Å². The van der Waals surface area contributed by atoms with Crippen LogP contribution in [0.4, 0.5) is 4.79 Å². The predicted octanol–water partition coefficient (Wildman–Crippen LogP) is 3.94. The normalized spacial score (nSPS) is 12.9. The van der Waals surface area contributed by atoms with Crippen LogP contribution in [0.15, 0.2) is 72.8 Å². The molecule has 0 bridgehead atoms. The number of ether oxygens (including phenoxy) is 2. The van der Waals surface area contributed by atoms with Gasteiger partial charge < -0.3 is 19.9 Å². The van der Waals surface area contributed by atoms with Gasteiger partial charge >= 0.3 is 18.0 Å². The maximum absolute atomic E-state index is 12.5. The molecule has 3 aromatic rings. The molecule has 7 nitrogen and oxygen atoms in total. The quantitative estimate of drug-likeness (QED) is 0.495. The average Bonchev–Trinajstić information content (AvgIpc) is 3.16. The number of carboxylic acids is 1. The van der Waals surface area contributed by atoms with Gasteiger partial charge in [0.25, 0.3) is 0 Å². The molecule has 2 N–H and O–H groups in total. The number of nitrogens with one attached hydrogen (secondary N) is 1. The van der Waals surface area contributed by atoms with Gasteiger partial charge in [0, 0.05) is 12.3 Å². The molecular formula is C27H25NO6. The predicted molar refractivity (Wildman–Crippen MR) is 125 cm³/mol. The van der Waals surface area contributed by atoms with E-state index in [4.69, 9.17) is 4.74 Å². The number of carboxylic acid groups (broad SMARTS) is 1. The van der Waals surface area contributed by atoms with Gasteiger partial charge in [0.05, 0.1) is 13.5 Å². The number of carbonyl (C=O) groups is 3. The first-order valence-corrected chi connectivity index (χ1v) is 10.9. The molecule has 1 aliphatic carbocycles. The van der Waals surface area contributed by atoms with Gasteiger partial charge in [-0.3, -0.25) is 4.79 Å². The largest absolute Gasteiger partial charge is 0.480 e. The van der Waals surface area contributed by atoms with E-state index >= 15 is 0 Å². The molecule has 0 heterocycles. The highest BCUT2D eigenvalue weighted by molar-refractivity contribution is 5.81. The van der Waals surface area contributed by atoms with Crippen molar-refractivity contribution in [3.8, 4) is 11.1 Å². The summed E-state index contributed by atoms with van der Waals surface area (Å²) in [4.78, 5) is 35.8. The fourth-order valence-electron chi connectivity index (χ4n) is 4.32. The molecule has 0 spiro atoms. The van der Waals surface area contributed by atoms with E-state index in [2.05, 4.69) is 10.1 Å². The highest BCUT2D eigenvalue weighted by Gasteiger charge is 2.29.